The minimum absolute atomic E-state index is 0.0600. The Balaban J connectivity index is 1.60. The zero-order valence-corrected chi connectivity index (χ0v) is 17.1. The summed E-state index contributed by atoms with van der Waals surface area (Å²) in [4.78, 5) is 28.8. The molecule has 1 saturated carbocycles. The number of nitrogens with zero attached hydrogens (tertiary/aromatic N) is 2. The lowest BCUT2D eigenvalue weighted by Crippen LogP contribution is -2.26. The van der Waals surface area contributed by atoms with Crippen molar-refractivity contribution in [3.63, 3.8) is 0 Å². The minimum atomic E-state index is 0.0600. The second kappa shape index (κ2) is 9.18. The average Bonchev–Trinajstić information content (AvgIpc) is 2.74. The summed E-state index contributed by atoms with van der Waals surface area (Å²) in [6.45, 7) is 2.18. The van der Waals surface area contributed by atoms with Gasteiger partial charge in [0.05, 0.1) is 7.11 Å². The Morgan fingerprint density at radius 2 is 1.96 bits per heavy atom. The van der Waals surface area contributed by atoms with Crippen molar-refractivity contribution in [2.45, 2.75) is 51.4 Å². The number of rotatable bonds is 7. The van der Waals surface area contributed by atoms with Gasteiger partial charge >= 0.3 is 0 Å². The molecular weight excluding hydrogens is 352 g/mol. The number of hydrogen-bond acceptors (Lipinski definition) is 4. The molecular formula is C23H30N2O3. The Morgan fingerprint density at radius 1 is 1.21 bits per heavy atom. The maximum absolute atomic E-state index is 12.7. The minimum Gasteiger partial charge on any atom is -0.481 e. The van der Waals surface area contributed by atoms with Crippen LogP contribution >= 0.6 is 0 Å². The summed E-state index contributed by atoms with van der Waals surface area (Å²) >= 11 is 0. The van der Waals surface area contributed by atoms with Gasteiger partial charge < -0.3 is 9.30 Å². The van der Waals surface area contributed by atoms with Crippen LogP contribution in [0, 0.1) is 11.8 Å². The smallest absolute Gasteiger partial charge is 0.250 e. The third kappa shape index (κ3) is 4.51. The number of aromatic nitrogens is 2. The fraction of sp³-hybridized carbons (Fsp3) is 0.522. The Morgan fingerprint density at radius 3 is 2.57 bits per heavy atom. The molecule has 2 aromatic rings. The van der Waals surface area contributed by atoms with Gasteiger partial charge in [0.2, 0.25) is 11.4 Å². The maximum atomic E-state index is 12.7. The third-order valence-electron chi connectivity index (χ3n) is 6.32. The van der Waals surface area contributed by atoms with Crippen LogP contribution in [0.4, 0.5) is 0 Å². The number of methoxy groups -OCH3 is 1. The fourth-order valence-electron chi connectivity index (χ4n) is 4.54. The largest absolute Gasteiger partial charge is 0.481 e. The van der Waals surface area contributed by atoms with E-state index in [4.69, 9.17) is 4.74 Å². The fourth-order valence-corrected chi connectivity index (χ4v) is 4.54. The van der Waals surface area contributed by atoms with E-state index in [1.165, 1.54) is 0 Å². The van der Waals surface area contributed by atoms with E-state index in [2.05, 4.69) is 18.0 Å². The van der Waals surface area contributed by atoms with E-state index in [-0.39, 0.29) is 11.3 Å². The lowest BCUT2D eigenvalue weighted by atomic mass is 9.72. The number of carbonyl (C=O) groups is 1. The summed E-state index contributed by atoms with van der Waals surface area (Å²) in [5.41, 5.74) is 1.86. The highest BCUT2D eigenvalue weighted by molar-refractivity contribution is 5.95. The monoisotopic (exact) mass is 382 g/mol. The van der Waals surface area contributed by atoms with Gasteiger partial charge in [0.1, 0.15) is 0 Å². The Hall–Kier alpha value is -2.43. The van der Waals surface area contributed by atoms with E-state index < -0.39 is 0 Å². The van der Waals surface area contributed by atoms with E-state index in [9.17, 15) is 9.59 Å². The van der Waals surface area contributed by atoms with Crippen LogP contribution in [-0.4, -0.2) is 22.4 Å². The summed E-state index contributed by atoms with van der Waals surface area (Å²) in [5.74, 6) is 2.09. The van der Waals surface area contributed by atoms with Gasteiger partial charge in [-0.25, -0.2) is 4.98 Å². The molecule has 1 atom stereocenters. The first kappa shape index (κ1) is 20.3. The summed E-state index contributed by atoms with van der Waals surface area (Å²) in [6, 6.07) is 9.09. The SMILES string of the molecule is CC[C@H](CC(=O)c1ccc(OC)nc1)C1CCC(c2cccc(=O)n2C)CC1. The molecule has 0 aliphatic heterocycles. The number of Topliss-reactive ketones (excluding diaryl/α,β-unsaturated/α-hetero) is 1. The van der Waals surface area contributed by atoms with Gasteiger partial charge in [0.25, 0.3) is 0 Å². The molecule has 3 rings (SSSR count). The molecule has 0 amide bonds. The van der Waals surface area contributed by atoms with E-state index >= 15 is 0 Å². The van der Waals surface area contributed by atoms with E-state index in [0.717, 1.165) is 37.8 Å². The van der Waals surface area contributed by atoms with Gasteiger partial charge in [-0.2, -0.15) is 0 Å². The summed E-state index contributed by atoms with van der Waals surface area (Å²) < 4.78 is 6.85. The Labute approximate surface area is 166 Å². The first-order valence-corrected chi connectivity index (χ1v) is 10.2. The van der Waals surface area contributed by atoms with Crippen molar-refractivity contribution in [2.75, 3.05) is 7.11 Å². The molecule has 1 aliphatic rings. The van der Waals surface area contributed by atoms with Crippen LogP contribution in [0.2, 0.25) is 0 Å². The topological polar surface area (TPSA) is 61.2 Å². The molecule has 28 heavy (non-hydrogen) atoms. The Kier molecular flexibility index (Phi) is 6.65. The molecule has 0 N–H and O–H groups in total. The molecule has 2 aromatic heterocycles. The van der Waals surface area contributed by atoms with E-state index in [0.29, 0.717) is 35.6 Å². The number of pyridine rings is 2. The highest BCUT2D eigenvalue weighted by atomic mass is 16.5. The second-order valence-electron chi connectivity index (χ2n) is 7.84. The number of carbonyl (C=O) groups excluding carboxylic acids is 1. The van der Waals surface area contributed by atoms with Gasteiger partial charge in [0, 0.05) is 43.1 Å². The van der Waals surface area contributed by atoms with Crippen LogP contribution in [0.3, 0.4) is 0 Å². The quantitative estimate of drug-likeness (QED) is 0.668. The standard InChI is InChI=1S/C23H30N2O3/c1-4-16(14-21(26)19-12-13-22(28-3)24-15-19)17-8-10-18(11-9-17)20-6-5-7-23(27)25(20)2/h5-7,12-13,15-18H,4,8-11,14H2,1-3H3/t16-,17?,18?/m1/s1. The van der Waals surface area contributed by atoms with Gasteiger partial charge in [-0.05, 0) is 55.6 Å². The van der Waals surface area contributed by atoms with Crippen molar-refractivity contribution < 1.29 is 9.53 Å². The maximum Gasteiger partial charge on any atom is 0.250 e. The molecule has 1 fully saturated rings. The average molecular weight is 383 g/mol. The normalized spacial score (nSPS) is 20.5. The van der Waals surface area contributed by atoms with Crippen LogP contribution in [0.25, 0.3) is 0 Å². The van der Waals surface area contributed by atoms with Crippen molar-refractivity contribution in [2.24, 2.45) is 18.9 Å². The third-order valence-corrected chi connectivity index (χ3v) is 6.32. The molecule has 5 heteroatoms. The molecule has 0 aromatic carbocycles. The van der Waals surface area contributed by atoms with Crippen molar-refractivity contribution >= 4 is 5.78 Å². The summed E-state index contributed by atoms with van der Waals surface area (Å²) in [6.07, 6.45) is 7.58. The highest BCUT2D eigenvalue weighted by Crippen LogP contribution is 2.40. The van der Waals surface area contributed by atoms with Crippen molar-refractivity contribution in [1.82, 2.24) is 9.55 Å². The number of ketones is 1. The van der Waals surface area contributed by atoms with E-state index in [1.54, 1.807) is 36.1 Å². The first-order valence-electron chi connectivity index (χ1n) is 10.2. The van der Waals surface area contributed by atoms with Crippen LogP contribution in [0.15, 0.2) is 41.3 Å². The molecule has 0 spiro atoms. The molecule has 150 valence electrons. The highest BCUT2D eigenvalue weighted by Gasteiger charge is 2.29. The van der Waals surface area contributed by atoms with Gasteiger partial charge in [-0.1, -0.05) is 19.4 Å². The van der Waals surface area contributed by atoms with Crippen molar-refractivity contribution in [3.8, 4) is 5.88 Å². The van der Waals surface area contributed by atoms with Crippen LogP contribution < -0.4 is 10.3 Å². The van der Waals surface area contributed by atoms with Crippen molar-refractivity contribution in [3.05, 3.63) is 58.1 Å². The Bertz CT molecular complexity index is 849. The molecule has 2 heterocycles. The zero-order valence-electron chi connectivity index (χ0n) is 17.1. The van der Waals surface area contributed by atoms with Crippen LogP contribution in [0.5, 0.6) is 5.88 Å². The van der Waals surface area contributed by atoms with Gasteiger partial charge in [-0.3, -0.25) is 9.59 Å². The number of ether oxygens (including phenoxy) is 1. The lowest BCUT2D eigenvalue weighted by molar-refractivity contribution is 0.0925. The zero-order chi connectivity index (χ0) is 20.1. The van der Waals surface area contributed by atoms with Crippen LogP contribution in [-0.2, 0) is 7.05 Å². The van der Waals surface area contributed by atoms with E-state index in [1.807, 2.05) is 13.1 Å². The predicted molar refractivity (Wildman–Crippen MR) is 110 cm³/mol. The molecule has 0 radical (unpaired) electrons. The molecule has 0 unspecified atom stereocenters. The second-order valence-corrected chi connectivity index (χ2v) is 7.84. The molecule has 5 nitrogen and oxygen atoms in total. The molecule has 1 aliphatic carbocycles. The van der Waals surface area contributed by atoms with Crippen molar-refractivity contribution in [1.29, 1.82) is 0 Å². The lowest BCUT2D eigenvalue weighted by Gasteiger charge is -2.34. The van der Waals surface area contributed by atoms with Crippen LogP contribution in [0.1, 0.15) is 67.4 Å². The summed E-state index contributed by atoms with van der Waals surface area (Å²) in [7, 11) is 3.43. The molecule has 0 saturated heterocycles. The predicted octanol–water partition coefficient (Wildman–Crippen LogP) is 4.36. The summed E-state index contributed by atoms with van der Waals surface area (Å²) in [5, 5.41) is 0. The van der Waals surface area contributed by atoms with Gasteiger partial charge in [0.15, 0.2) is 5.78 Å². The molecule has 0 bridgehead atoms. The number of hydrogen-bond donors (Lipinski definition) is 0. The van der Waals surface area contributed by atoms with Gasteiger partial charge in [-0.15, -0.1) is 0 Å². The first-order chi connectivity index (χ1) is 13.5.